The molecule has 24 heavy (non-hydrogen) atoms. The molecule has 4 heteroatoms. The molecule has 0 aromatic heterocycles. The summed E-state index contributed by atoms with van der Waals surface area (Å²) in [7, 11) is 0. The zero-order valence-electron chi connectivity index (χ0n) is 12.6. The van der Waals surface area contributed by atoms with Crippen LogP contribution in [0, 0.1) is 12.5 Å². The predicted octanol–water partition coefficient (Wildman–Crippen LogP) is 3.81. The lowest BCUT2D eigenvalue weighted by molar-refractivity contribution is 0.0691. The highest BCUT2D eigenvalue weighted by molar-refractivity contribution is 5.98. The molecule has 3 aromatic rings. The topological polar surface area (TPSA) is 52.6 Å². The summed E-state index contributed by atoms with van der Waals surface area (Å²) in [6.45, 7) is 0. The van der Waals surface area contributed by atoms with Gasteiger partial charge in [-0.25, -0.2) is 9.59 Å². The number of carbonyl (C=O) groups excluding carboxylic acids is 2. The molecule has 0 fully saturated rings. The van der Waals surface area contributed by atoms with Crippen LogP contribution in [-0.2, 0) is 4.74 Å². The maximum absolute atomic E-state index is 12.4. The molecule has 0 radical (unpaired) electrons. The maximum Gasteiger partial charge on any atom is 0.352 e. The van der Waals surface area contributed by atoms with Crippen molar-refractivity contribution in [2.24, 2.45) is 0 Å². The molecule has 0 atom stereocenters. The van der Waals surface area contributed by atoms with Gasteiger partial charge < -0.3 is 9.47 Å². The van der Waals surface area contributed by atoms with Crippen molar-refractivity contribution >= 4 is 22.7 Å². The monoisotopic (exact) mass is 316 g/mol. The molecule has 0 aliphatic carbocycles. The maximum atomic E-state index is 12.4. The number of rotatable bonds is 3. The van der Waals surface area contributed by atoms with Gasteiger partial charge in [-0.1, -0.05) is 48.9 Å². The van der Waals surface area contributed by atoms with Gasteiger partial charge in [-0.05, 0) is 29.7 Å². The number of hydrogen-bond donors (Lipinski definition) is 0. The average molecular weight is 316 g/mol. The van der Waals surface area contributed by atoms with Crippen LogP contribution in [0.5, 0.6) is 5.75 Å². The van der Waals surface area contributed by atoms with Crippen molar-refractivity contribution in [3.8, 4) is 18.3 Å². The summed E-state index contributed by atoms with van der Waals surface area (Å²) >= 11 is 0. The van der Waals surface area contributed by atoms with E-state index in [0.717, 1.165) is 10.8 Å². The average Bonchev–Trinajstić information content (AvgIpc) is 2.62. The highest BCUT2D eigenvalue weighted by Gasteiger charge is 2.14. The lowest BCUT2D eigenvalue weighted by atomic mass is 10.1. The first-order valence-electron chi connectivity index (χ1n) is 7.16. The summed E-state index contributed by atoms with van der Waals surface area (Å²) in [4.78, 5) is 24.0. The molecule has 0 spiro atoms. The first-order chi connectivity index (χ1) is 11.7. The largest absolute Gasteiger partial charge is 0.422 e. The molecule has 0 bridgehead atoms. The molecular formula is C20H12O4. The van der Waals surface area contributed by atoms with Gasteiger partial charge in [0.2, 0.25) is 0 Å². The highest BCUT2D eigenvalue weighted by Crippen LogP contribution is 2.26. The highest BCUT2D eigenvalue weighted by atomic mass is 16.5. The number of carbonyl (C=O) groups is 2. The van der Waals surface area contributed by atoms with Gasteiger partial charge in [0.15, 0.2) is 0 Å². The number of esters is 2. The first-order valence-corrected chi connectivity index (χ1v) is 7.16. The molecule has 0 saturated carbocycles. The zero-order chi connectivity index (χ0) is 16.9. The molecular weight excluding hydrogens is 304 g/mol. The Morgan fingerprint density at radius 2 is 1.50 bits per heavy atom. The van der Waals surface area contributed by atoms with Crippen LogP contribution in [0.4, 0.5) is 0 Å². The minimum absolute atomic E-state index is 0.181. The van der Waals surface area contributed by atoms with Crippen LogP contribution >= 0.6 is 0 Å². The Balaban J connectivity index is 1.89. The van der Waals surface area contributed by atoms with Gasteiger partial charge in [-0.3, -0.25) is 0 Å². The van der Waals surface area contributed by atoms with E-state index >= 15 is 0 Å². The Kier molecular flexibility index (Phi) is 4.26. The molecule has 116 valence electrons. The quantitative estimate of drug-likeness (QED) is 0.419. The van der Waals surface area contributed by atoms with Crippen molar-refractivity contribution < 1.29 is 19.1 Å². The van der Waals surface area contributed by atoms with Gasteiger partial charge in [0, 0.05) is 5.39 Å². The van der Waals surface area contributed by atoms with Crippen LogP contribution in [0.1, 0.15) is 20.7 Å². The summed E-state index contributed by atoms with van der Waals surface area (Å²) < 4.78 is 9.95. The Morgan fingerprint density at radius 1 is 0.833 bits per heavy atom. The van der Waals surface area contributed by atoms with Gasteiger partial charge in [0.05, 0.1) is 11.1 Å². The van der Waals surface area contributed by atoms with E-state index in [9.17, 15) is 9.59 Å². The minimum atomic E-state index is -0.697. The van der Waals surface area contributed by atoms with Crippen molar-refractivity contribution in [3.63, 3.8) is 0 Å². The van der Waals surface area contributed by atoms with E-state index in [0.29, 0.717) is 5.75 Å². The number of ether oxygens (including phenoxy) is 2. The van der Waals surface area contributed by atoms with E-state index in [1.165, 1.54) is 12.1 Å². The van der Waals surface area contributed by atoms with Crippen molar-refractivity contribution in [2.75, 3.05) is 0 Å². The molecule has 0 unspecified atom stereocenters. The number of terminal acetylenes is 1. The molecule has 0 heterocycles. The van der Waals surface area contributed by atoms with Crippen LogP contribution in [-0.4, -0.2) is 11.9 Å². The SMILES string of the molecule is C#COC(=O)c1cccc(C(=O)Oc2cccc3ccccc23)c1. The lowest BCUT2D eigenvalue weighted by Crippen LogP contribution is -2.10. The lowest BCUT2D eigenvalue weighted by Gasteiger charge is -2.08. The van der Waals surface area contributed by atoms with E-state index in [1.54, 1.807) is 18.2 Å². The fourth-order valence-electron chi connectivity index (χ4n) is 2.33. The van der Waals surface area contributed by atoms with Crippen LogP contribution in [0.3, 0.4) is 0 Å². The molecule has 0 aliphatic heterocycles. The molecule has 3 aromatic carbocycles. The van der Waals surface area contributed by atoms with Crippen LogP contribution in [0.2, 0.25) is 0 Å². The molecule has 0 saturated heterocycles. The summed E-state index contributed by atoms with van der Waals surface area (Å²) in [5.74, 6) is -0.811. The second kappa shape index (κ2) is 6.67. The van der Waals surface area contributed by atoms with E-state index in [-0.39, 0.29) is 11.1 Å². The molecule has 4 nitrogen and oxygen atoms in total. The number of fused-ring (bicyclic) bond motifs is 1. The fraction of sp³-hybridized carbons (Fsp3) is 0. The number of hydrogen-bond acceptors (Lipinski definition) is 4. The number of benzene rings is 3. The van der Waals surface area contributed by atoms with Gasteiger partial charge in [-0.15, -0.1) is 0 Å². The summed E-state index contributed by atoms with van der Waals surface area (Å²) in [5.41, 5.74) is 0.412. The van der Waals surface area contributed by atoms with Crippen LogP contribution in [0.25, 0.3) is 10.8 Å². The summed E-state index contributed by atoms with van der Waals surface area (Å²) in [5, 5.41) is 1.80. The zero-order valence-corrected chi connectivity index (χ0v) is 12.6. The second-order valence-electron chi connectivity index (χ2n) is 4.95. The smallest absolute Gasteiger partial charge is 0.352 e. The van der Waals surface area contributed by atoms with Gasteiger partial charge >= 0.3 is 11.9 Å². The summed E-state index contributed by atoms with van der Waals surface area (Å²) in [6.07, 6.45) is 6.74. The van der Waals surface area contributed by atoms with Gasteiger partial charge in [0.1, 0.15) is 11.9 Å². The summed E-state index contributed by atoms with van der Waals surface area (Å²) in [6, 6.07) is 19.1. The predicted molar refractivity (Wildman–Crippen MR) is 89.6 cm³/mol. The second-order valence-corrected chi connectivity index (χ2v) is 4.95. The molecule has 0 N–H and O–H groups in total. The van der Waals surface area contributed by atoms with E-state index < -0.39 is 11.9 Å². The molecule has 0 amide bonds. The van der Waals surface area contributed by atoms with Gasteiger partial charge in [0.25, 0.3) is 0 Å². The van der Waals surface area contributed by atoms with Crippen LogP contribution < -0.4 is 4.74 Å². The normalized spacial score (nSPS) is 9.96. The third-order valence-corrected chi connectivity index (χ3v) is 3.44. The Labute approximate surface area is 138 Å². The Morgan fingerprint density at radius 3 is 2.29 bits per heavy atom. The van der Waals surface area contributed by atoms with Gasteiger partial charge in [-0.2, -0.15) is 0 Å². The minimum Gasteiger partial charge on any atom is -0.422 e. The standard InChI is InChI=1S/C20H12O4/c1-2-23-19(21)15-9-5-10-16(13-15)20(22)24-18-12-6-8-14-7-3-4-11-17(14)18/h1,3-13H. The van der Waals surface area contributed by atoms with E-state index in [1.807, 2.05) is 42.5 Å². The van der Waals surface area contributed by atoms with Crippen molar-refractivity contribution in [3.05, 3.63) is 77.9 Å². The van der Waals surface area contributed by atoms with E-state index in [4.69, 9.17) is 11.2 Å². The molecule has 0 aliphatic rings. The first kappa shape index (κ1) is 15.3. The van der Waals surface area contributed by atoms with Crippen molar-refractivity contribution in [2.45, 2.75) is 0 Å². The van der Waals surface area contributed by atoms with E-state index in [2.05, 4.69) is 4.74 Å². The fourth-order valence-corrected chi connectivity index (χ4v) is 2.33. The molecule has 3 rings (SSSR count). The van der Waals surface area contributed by atoms with Crippen LogP contribution in [0.15, 0.2) is 66.7 Å². The Hall–Kier alpha value is -3.58. The third-order valence-electron chi connectivity index (χ3n) is 3.44. The van der Waals surface area contributed by atoms with Crippen molar-refractivity contribution in [1.29, 1.82) is 0 Å². The van der Waals surface area contributed by atoms with Crippen molar-refractivity contribution in [1.82, 2.24) is 0 Å². The Bertz CT molecular complexity index is 961. The third kappa shape index (κ3) is 3.11.